The largest absolute Gasteiger partial charge is 0.445 e. The predicted octanol–water partition coefficient (Wildman–Crippen LogP) is 6.02. The summed E-state index contributed by atoms with van der Waals surface area (Å²) in [4.78, 5) is 79.1. The topological polar surface area (TPSA) is 184 Å². The molecule has 6 fully saturated rings. The van der Waals surface area contributed by atoms with E-state index in [1.807, 2.05) is 66.7 Å². The number of benzene rings is 3. The van der Waals surface area contributed by atoms with E-state index in [1.54, 1.807) is 29.2 Å². The first-order valence-electron chi connectivity index (χ1n) is 22.2. The first-order chi connectivity index (χ1) is 30.5. The van der Waals surface area contributed by atoms with Crippen molar-refractivity contribution < 1.29 is 48.1 Å². The third-order valence-corrected chi connectivity index (χ3v) is 13.3. The maximum absolute atomic E-state index is 13.2. The number of hydrogen-bond acceptors (Lipinski definition) is 11. The van der Waals surface area contributed by atoms with Gasteiger partial charge in [-0.05, 0) is 94.4 Å². The Morgan fingerprint density at radius 3 is 1.56 bits per heavy atom. The fourth-order valence-corrected chi connectivity index (χ4v) is 9.42. The van der Waals surface area contributed by atoms with Gasteiger partial charge in [-0.1, -0.05) is 91.0 Å². The SMILES string of the molecule is C1CNC2(C1)CCC2.CC(O)C(NC(=O)OCc1ccccc1)C(=O)N1CC2(CCCN2C(=O)OCc2ccccc2)C1=O.O=C(OCc1ccccc1)N1CCCC12CCC2=O. The van der Waals surface area contributed by atoms with Crippen molar-refractivity contribution in [2.24, 2.45) is 0 Å². The molecule has 3 aromatic rings. The number of likely N-dealkylation sites (tertiary alicyclic amines) is 3. The Morgan fingerprint density at radius 1 is 0.667 bits per heavy atom. The summed E-state index contributed by atoms with van der Waals surface area (Å²) < 4.78 is 15.9. The molecule has 2 saturated carbocycles. The van der Waals surface area contributed by atoms with Crippen LogP contribution < -0.4 is 10.6 Å². The van der Waals surface area contributed by atoms with Crippen LogP contribution in [0.15, 0.2) is 91.0 Å². The molecule has 0 radical (unpaired) electrons. The average Bonchev–Trinajstić information content (AvgIpc) is 4.10. The molecule has 15 heteroatoms. The molecule has 4 aliphatic heterocycles. The second kappa shape index (κ2) is 20.1. The van der Waals surface area contributed by atoms with E-state index in [1.165, 1.54) is 50.5 Å². The number of nitrogens with zero attached hydrogens (tertiary/aromatic N) is 3. The lowest BCUT2D eigenvalue weighted by atomic mass is 9.73. The van der Waals surface area contributed by atoms with Crippen LogP contribution in [0.2, 0.25) is 0 Å². The predicted molar refractivity (Wildman–Crippen MR) is 231 cm³/mol. The Labute approximate surface area is 368 Å². The van der Waals surface area contributed by atoms with Crippen molar-refractivity contribution in [1.82, 2.24) is 25.3 Å². The Balaban J connectivity index is 0.000000180. The summed E-state index contributed by atoms with van der Waals surface area (Å²) in [5.74, 6) is -1.12. The molecule has 2 aliphatic carbocycles. The van der Waals surface area contributed by atoms with Crippen LogP contribution in [-0.2, 0) is 48.4 Å². The highest BCUT2D eigenvalue weighted by molar-refractivity contribution is 6.09. The summed E-state index contributed by atoms with van der Waals surface area (Å²) >= 11 is 0. The van der Waals surface area contributed by atoms with Crippen LogP contribution in [-0.4, -0.2) is 111 Å². The van der Waals surface area contributed by atoms with Crippen LogP contribution in [0.3, 0.4) is 0 Å². The fourth-order valence-electron chi connectivity index (χ4n) is 9.42. The molecule has 4 unspecified atom stereocenters. The molecule has 5 amide bonds. The average molecular weight is 866 g/mol. The number of carbonyl (C=O) groups excluding carboxylic acids is 6. The molecule has 0 bridgehead atoms. The molecule has 3 aromatic carbocycles. The Kier molecular flexibility index (Phi) is 14.5. The van der Waals surface area contributed by atoms with Gasteiger partial charge in [0.25, 0.3) is 11.8 Å². The molecule has 336 valence electrons. The van der Waals surface area contributed by atoms with Crippen LogP contribution in [0.25, 0.3) is 0 Å². The van der Waals surface area contributed by atoms with Gasteiger partial charge < -0.3 is 30.0 Å². The molecule has 9 rings (SSSR count). The zero-order valence-electron chi connectivity index (χ0n) is 36.0. The first kappa shape index (κ1) is 45.2. The van der Waals surface area contributed by atoms with Crippen molar-refractivity contribution in [3.8, 4) is 0 Å². The number of β-lactam (4-membered cyclic amide) rings is 1. The lowest BCUT2D eigenvalue weighted by Crippen LogP contribution is -2.76. The van der Waals surface area contributed by atoms with Gasteiger partial charge in [0.05, 0.1) is 12.6 Å². The Bertz CT molecular complexity index is 2070. The van der Waals surface area contributed by atoms with Crippen molar-refractivity contribution in [2.75, 3.05) is 26.2 Å². The van der Waals surface area contributed by atoms with Crippen LogP contribution in [0, 0.1) is 0 Å². The smallest absolute Gasteiger partial charge is 0.411 e. The van der Waals surface area contributed by atoms with Crippen molar-refractivity contribution in [1.29, 1.82) is 0 Å². The second-order valence-electron chi connectivity index (χ2n) is 17.4. The van der Waals surface area contributed by atoms with Gasteiger partial charge in [-0.3, -0.25) is 29.1 Å². The van der Waals surface area contributed by atoms with Gasteiger partial charge >= 0.3 is 18.3 Å². The minimum atomic E-state index is -1.38. The van der Waals surface area contributed by atoms with Crippen LogP contribution in [0.5, 0.6) is 0 Å². The molecule has 3 spiro atoms. The molecule has 4 saturated heterocycles. The van der Waals surface area contributed by atoms with Gasteiger partial charge in [0.15, 0.2) is 5.78 Å². The summed E-state index contributed by atoms with van der Waals surface area (Å²) in [6.45, 7) is 3.88. The Morgan fingerprint density at radius 2 is 1.16 bits per heavy atom. The molecule has 63 heavy (non-hydrogen) atoms. The van der Waals surface area contributed by atoms with E-state index < -0.39 is 47.2 Å². The van der Waals surface area contributed by atoms with Crippen molar-refractivity contribution in [3.63, 3.8) is 0 Å². The second-order valence-corrected chi connectivity index (χ2v) is 17.4. The van der Waals surface area contributed by atoms with Crippen LogP contribution in [0.1, 0.15) is 94.2 Å². The van der Waals surface area contributed by atoms with Crippen molar-refractivity contribution in [3.05, 3.63) is 108 Å². The molecule has 4 atom stereocenters. The first-order valence-corrected chi connectivity index (χ1v) is 22.2. The zero-order valence-corrected chi connectivity index (χ0v) is 36.0. The van der Waals surface area contributed by atoms with Gasteiger partial charge in [0.1, 0.15) is 36.9 Å². The van der Waals surface area contributed by atoms with Crippen LogP contribution in [0.4, 0.5) is 14.4 Å². The number of ketones is 1. The van der Waals surface area contributed by atoms with E-state index >= 15 is 0 Å². The highest BCUT2D eigenvalue weighted by Crippen LogP contribution is 2.43. The zero-order chi connectivity index (χ0) is 44.5. The third kappa shape index (κ3) is 10.2. The maximum Gasteiger partial charge on any atom is 0.411 e. The van der Waals surface area contributed by atoms with Crippen LogP contribution >= 0.6 is 0 Å². The van der Waals surface area contributed by atoms with E-state index in [0.29, 0.717) is 37.9 Å². The highest BCUT2D eigenvalue weighted by Gasteiger charge is 2.63. The minimum Gasteiger partial charge on any atom is -0.445 e. The van der Waals surface area contributed by atoms with E-state index in [4.69, 9.17) is 14.2 Å². The lowest BCUT2D eigenvalue weighted by Gasteiger charge is -2.50. The summed E-state index contributed by atoms with van der Waals surface area (Å²) in [5, 5.41) is 16.1. The standard InChI is InChI=1S/C26H29N3O7.C15H17NO3.C7H13N/c1-18(30)21(27-24(33)35-15-19-9-4-2-5-10-19)22(31)28-17-26(23(28)32)13-8-14-29(26)25(34)36-16-20-11-6-3-7-12-20;17-13-7-9-15(13)8-4-10-16(15)14(18)19-11-12-5-2-1-3-6-12;1-3-7(4-1)5-2-6-8-7/h2-7,9-12,18,21,30H,8,13-17H2,1H3,(H,27,33);1-3,5-6H,4,7-11H2;8H,1-6H2. The summed E-state index contributed by atoms with van der Waals surface area (Å²) in [6.07, 6.45) is 8.18. The van der Waals surface area contributed by atoms with E-state index in [-0.39, 0.29) is 38.2 Å². The highest BCUT2D eigenvalue weighted by atomic mass is 16.6. The van der Waals surface area contributed by atoms with Gasteiger partial charge in [-0.2, -0.15) is 0 Å². The molecule has 0 aromatic heterocycles. The number of imide groups is 1. The van der Waals surface area contributed by atoms with E-state index in [0.717, 1.165) is 40.9 Å². The van der Waals surface area contributed by atoms with Gasteiger partial charge in [0, 0.05) is 25.0 Å². The fraction of sp³-hybridized carbons (Fsp3) is 0.500. The van der Waals surface area contributed by atoms with Gasteiger partial charge in [-0.15, -0.1) is 0 Å². The van der Waals surface area contributed by atoms with E-state index in [9.17, 15) is 33.9 Å². The summed E-state index contributed by atoms with van der Waals surface area (Å²) in [6, 6.07) is 26.4. The molecule has 6 aliphatic rings. The monoisotopic (exact) mass is 865 g/mol. The molecule has 4 heterocycles. The van der Waals surface area contributed by atoms with Gasteiger partial charge in [0.2, 0.25) is 0 Å². The number of nitrogens with one attached hydrogen (secondary N) is 2. The number of ether oxygens (including phenoxy) is 3. The minimum absolute atomic E-state index is 0.0147. The van der Waals surface area contributed by atoms with Crippen molar-refractivity contribution in [2.45, 2.75) is 126 Å². The molecular formula is C48H59N5O10. The molecule has 3 N–H and O–H groups in total. The number of Topliss-reactive ketones (excluding diaryl/α,β-unsaturated/α-hetero) is 1. The number of rotatable bonds is 9. The third-order valence-electron chi connectivity index (χ3n) is 13.3. The number of amides is 5. The normalized spacial score (nSPS) is 23.6. The summed E-state index contributed by atoms with van der Waals surface area (Å²) in [7, 11) is 0. The van der Waals surface area contributed by atoms with Gasteiger partial charge in [-0.25, -0.2) is 14.4 Å². The number of hydrogen-bond donors (Lipinski definition) is 3. The molecule has 15 nitrogen and oxygen atoms in total. The number of aliphatic hydroxyl groups is 1. The number of aliphatic hydroxyl groups excluding tert-OH is 1. The van der Waals surface area contributed by atoms with E-state index in [2.05, 4.69) is 10.6 Å². The van der Waals surface area contributed by atoms with Crippen molar-refractivity contribution >= 4 is 35.9 Å². The molecular weight excluding hydrogens is 807 g/mol. The maximum atomic E-state index is 13.2. The summed E-state index contributed by atoms with van der Waals surface area (Å²) in [5.41, 5.74) is 1.53. The number of carbonyl (C=O) groups is 6. The lowest BCUT2D eigenvalue weighted by molar-refractivity contribution is -0.170. The quantitative estimate of drug-likeness (QED) is 0.169. The number of alkyl carbamates (subject to hydrolysis) is 1. The Hall–Kier alpha value is -5.80.